The van der Waals surface area contributed by atoms with Crippen LogP contribution in [0, 0.1) is 28.6 Å². The number of amides is 1. The summed E-state index contributed by atoms with van der Waals surface area (Å²) in [5.74, 6) is 2.96. The molecular formula is C16H21N3O. The van der Waals surface area contributed by atoms with Crippen molar-refractivity contribution in [2.24, 2.45) is 28.6 Å². The number of hydrogen-bond donors (Lipinski definition) is 2. The first-order valence-electron chi connectivity index (χ1n) is 7.97. The molecule has 2 N–H and O–H groups in total. The minimum atomic E-state index is 0.00286. The topological polar surface area (TPSA) is 57.8 Å². The number of H-pyrrole nitrogens is 1. The molecule has 106 valence electrons. The van der Waals surface area contributed by atoms with Gasteiger partial charge in [0.2, 0.25) is 0 Å². The SMILES string of the molecule is O=C(NCC12CC3CC4CC(C1)C4(C3)C2)c1ccn[nH]1. The van der Waals surface area contributed by atoms with Crippen LogP contribution in [0.2, 0.25) is 0 Å². The highest BCUT2D eigenvalue weighted by molar-refractivity contribution is 5.92. The second-order valence-corrected chi connectivity index (χ2v) is 7.91. The lowest BCUT2D eigenvalue weighted by Crippen LogP contribution is -2.43. The largest absolute Gasteiger partial charge is 0.350 e. The van der Waals surface area contributed by atoms with E-state index in [1.54, 1.807) is 12.3 Å². The van der Waals surface area contributed by atoms with E-state index < -0.39 is 0 Å². The van der Waals surface area contributed by atoms with E-state index in [-0.39, 0.29) is 5.91 Å². The molecule has 5 rings (SSSR count). The van der Waals surface area contributed by atoms with E-state index in [1.807, 2.05) is 0 Å². The number of carbonyl (C=O) groups is 1. The lowest BCUT2D eigenvalue weighted by atomic mass is 9.55. The molecule has 4 aliphatic carbocycles. The fourth-order valence-corrected chi connectivity index (χ4v) is 6.49. The van der Waals surface area contributed by atoms with Crippen LogP contribution in [0.25, 0.3) is 0 Å². The van der Waals surface area contributed by atoms with Crippen molar-refractivity contribution in [1.82, 2.24) is 15.5 Å². The van der Waals surface area contributed by atoms with Gasteiger partial charge >= 0.3 is 0 Å². The molecule has 4 saturated carbocycles. The highest BCUT2D eigenvalue weighted by atomic mass is 16.1. The molecule has 5 unspecified atom stereocenters. The van der Waals surface area contributed by atoms with E-state index in [9.17, 15) is 4.79 Å². The Morgan fingerprint density at radius 1 is 1.35 bits per heavy atom. The molecule has 1 aromatic heterocycles. The monoisotopic (exact) mass is 271 g/mol. The lowest BCUT2D eigenvalue weighted by molar-refractivity contribution is -0.00254. The maximum Gasteiger partial charge on any atom is 0.269 e. The zero-order valence-corrected chi connectivity index (χ0v) is 11.7. The maximum atomic E-state index is 12.1. The third-order valence-electron chi connectivity index (χ3n) is 6.96. The van der Waals surface area contributed by atoms with Crippen molar-refractivity contribution < 1.29 is 4.79 Å². The van der Waals surface area contributed by atoms with Gasteiger partial charge in [-0.2, -0.15) is 5.10 Å². The molecule has 3 bridgehead atoms. The van der Waals surface area contributed by atoms with Crippen LogP contribution in [-0.4, -0.2) is 22.6 Å². The van der Waals surface area contributed by atoms with Crippen molar-refractivity contribution in [3.63, 3.8) is 0 Å². The van der Waals surface area contributed by atoms with Gasteiger partial charge in [0.05, 0.1) is 0 Å². The number of nitrogens with zero attached hydrogens (tertiary/aromatic N) is 1. The summed E-state index contributed by atoms with van der Waals surface area (Å²) in [6, 6.07) is 1.74. The van der Waals surface area contributed by atoms with Crippen LogP contribution in [0.5, 0.6) is 0 Å². The van der Waals surface area contributed by atoms with Crippen LogP contribution < -0.4 is 5.32 Å². The Morgan fingerprint density at radius 2 is 2.30 bits per heavy atom. The fraction of sp³-hybridized carbons (Fsp3) is 0.750. The highest BCUT2D eigenvalue weighted by Gasteiger charge is 2.70. The Labute approximate surface area is 118 Å². The average Bonchev–Trinajstić information content (AvgIpc) is 3.06. The highest BCUT2D eigenvalue weighted by Crippen LogP contribution is 2.78. The van der Waals surface area contributed by atoms with Crippen LogP contribution in [0.15, 0.2) is 12.3 Å². The molecule has 1 heterocycles. The van der Waals surface area contributed by atoms with Crippen molar-refractivity contribution in [2.45, 2.75) is 38.5 Å². The molecule has 0 saturated heterocycles. The van der Waals surface area contributed by atoms with Gasteiger partial charge in [0.25, 0.3) is 5.91 Å². The molecular weight excluding hydrogens is 250 g/mol. The van der Waals surface area contributed by atoms with Crippen molar-refractivity contribution in [3.05, 3.63) is 18.0 Å². The van der Waals surface area contributed by atoms with E-state index in [2.05, 4.69) is 15.5 Å². The lowest BCUT2D eigenvalue weighted by Gasteiger charge is -2.49. The van der Waals surface area contributed by atoms with E-state index in [0.717, 1.165) is 24.3 Å². The zero-order chi connectivity index (χ0) is 13.4. The van der Waals surface area contributed by atoms with Gasteiger partial charge in [-0.15, -0.1) is 0 Å². The van der Waals surface area contributed by atoms with Crippen molar-refractivity contribution in [2.75, 3.05) is 6.54 Å². The van der Waals surface area contributed by atoms with Gasteiger partial charge in [-0.1, -0.05) is 0 Å². The molecule has 0 aliphatic heterocycles. The van der Waals surface area contributed by atoms with Crippen LogP contribution in [-0.2, 0) is 0 Å². The Morgan fingerprint density at radius 3 is 3.15 bits per heavy atom. The van der Waals surface area contributed by atoms with Gasteiger partial charge in [-0.05, 0) is 73.2 Å². The maximum absolute atomic E-state index is 12.1. The summed E-state index contributed by atoms with van der Waals surface area (Å²) in [5, 5.41) is 9.77. The molecule has 0 radical (unpaired) electrons. The first-order valence-corrected chi connectivity index (χ1v) is 7.97. The molecule has 4 aliphatic rings. The number of fused-ring (bicyclic) bond motifs is 2. The molecule has 1 aromatic rings. The van der Waals surface area contributed by atoms with Crippen LogP contribution in [0.4, 0.5) is 0 Å². The standard InChI is InChI=1S/C16H21N3O/c20-14(13-1-2-18-19-13)17-9-15-5-10-3-11-4-12(7-15)16(11,6-10)8-15/h1-2,10-12H,3-9H2,(H,17,20)(H,18,19). The molecule has 4 heteroatoms. The third-order valence-corrected chi connectivity index (χ3v) is 6.96. The van der Waals surface area contributed by atoms with E-state index in [1.165, 1.54) is 38.5 Å². The molecule has 1 spiro atoms. The quantitative estimate of drug-likeness (QED) is 0.886. The van der Waals surface area contributed by atoms with Gasteiger partial charge in [0.1, 0.15) is 5.69 Å². The fourth-order valence-electron chi connectivity index (χ4n) is 6.49. The van der Waals surface area contributed by atoms with Crippen molar-refractivity contribution >= 4 is 5.91 Å². The summed E-state index contributed by atoms with van der Waals surface area (Å²) < 4.78 is 0. The predicted molar refractivity (Wildman–Crippen MR) is 74.0 cm³/mol. The summed E-state index contributed by atoms with van der Waals surface area (Å²) in [6.45, 7) is 0.867. The smallest absolute Gasteiger partial charge is 0.269 e. The van der Waals surface area contributed by atoms with Crippen LogP contribution in [0.3, 0.4) is 0 Å². The molecule has 20 heavy (non-hydrogen) atoms. The van der Waals surface area contributed by atoms with Gasteiger partial charge in [-0.25, -0.2) is 0 Å². The molecule has 4 fully saturated rings. The van der Waals surface area contributed by atoms with Gasteiger partial charge in [0, 0.05) is 12.7 Å². The molecule has 1 amide bonds. The van der Waals surface area contributed by atoms with Crippen LogP contribution >= 0.6 is 0 Å². The third kappa shape index (κ3) is 1.28. The van der Waals surface area contributed by atoms with Crippen molar-refractivity contribution in [3.8, 4) is 0 Å². The Kier molecular flexibility index (Phi) is 1.97. The van der Waals surface area contributed by atoms with Gasteiger partial charge < -0.3 is 5.32 Å². The Bertz CT molecular complexity index is 564. The number of carbonyl (C=O) groups excluding carboxylic acids is 1. The summed E-state index contributed by atoms with van der Waals surface area (Å²) in [4.78, 5) is 12.1. The number of hydrogen-bond acceptors (Lipinski definition) is 2. The zero-order valence-electron chi connectivity index (χ0n) is 11.7. The van der Waals surface area contributed by atoms with E-state index in [0.29, 0.717) is 16.5 Å². The molecule has 4 nitrogen and oxygen atoms in total. The normalized spacial score (nSPS) is 47.1. The van der Waals surface area contributed by atoms with E-state index >= 15 is 0 Å². The summed E-state index contributed by atoms with van der Waals surface area (Å²) in [6.07, 6.45) is 10.2. The van der Waals surface area contributed by atoms with Crippen LogP contribution in [0.1, 0.15) is 49.0 Å². The Balaban J connectivity index is 1.34. The number of rotatable bonds is 3. The summed E-state index contributed by atoms with van der Waals surface area (Å²) >= 11 is 0. The number of nitrogens with one attached hydrogen (secondary N) is 2. The molecule has 0 aromatic carbocycles. The minimum absolute atomic E-state index is 0.00286. The second-order valence-electron chi connectivity index (χ2n) is 7.91. The van der Waals surface area contributed by atoms with Gasteiger partial charge in [0.15, 0.2) is 0 Å². The number of aromatic amines is 1. The van der Waals surface area contributed by atoms with Gasteiger partial charge in [-0.3, -0.25) is 9.89 Å². The summed E-state index contributed by atoms with van der Waals surface area (Å²) in [7, 11) is 0. The van der Waals surface area contributed by atoms with E-state index in [4.69, 9.17) is 0 Å². The number of aromatic nitrogens is 2. The Hall–Kier alpha value is -1.32. The van der Waals surface area contributed by atoms with Crippen molar-refractivity contribution in [1.29, 1.82) is 0 Å². The summed E-state index contributed by atoms with van der Waals surface area (Å²) in [5.41, 5.74) is 1.70. The second kappa shape index (κ2) is 3.46. The molecule has 5 atom stereocenters. The first kappa shape index (κ1) is 11.4. The predicted octanol–water partition coefficient (Wildman–Crippen LogP) is 2.36. The average molecular weight is 271 g/mol. The first-order chi connectivity index (χ1) is 9.69. The minimum Gasteiger partial charge on any atom is -0.350 e.